The van der Waals surface area contributed by atoms with Gasteiger partial charge < -0.3 is 4.74 Å². The topological polar surface area (TPSA) is 9.23 Å². The van der Waals surface area contributed by atoms with Crippen LogP contribution in [0.2, 0.25) is 0 Å². The van der Waals surface area contributed by atoms with E-state index < -0.39 is 0 Å². The maximum absolute atomic E-state index is 5.66. The number of para-hydroxylation sites is 1. The molecule has 0 aromatic heterocycles. The van der Waals surface area contributed by atoms with Crippen LogP contribution < -0.4 is 4.74 Å². The smallest absolute Gasteiger partial charge is 0.119 e. The Morgan fingerprint density at radius 3 is 2.67 bits per heavy atom. The highest BCUT2D eigenvalue weighted by Gasteiger charge is 2.36. The van der Waals surface area contributed by atoms with Crippen molar-refractivity contribution in [2.75, 3.05) is 0 Å². The molecule has 1 nitrogen and oxygen atoms in total. The van der Waals surface area contributed by atoms with Crippen LogP contribution in [0.15, 0.2) is 43.0 Å². The Bertz CT molecular complexity index is 266. The summed E-state index contributed by atoms with van der Waals surface area (Å²) in [6.07, 6.45) is 3.47. The van der Waals surface area contributed by atoms with Gasteiger partial charge in [0.2, 0.25) is 0 Å². The van der Waals surface area contributed by atoms with E-state index in [2.05, 4.69) is 6.58 Å². The Morgan fingerprint density at radius 2 is 2.08 bits per heavy atom. The second kappa shape index (κ2) is 3.02. The van der Waals surface area contributed by atoms with E-state index in [1.165, 1.54) is 0 Å². The lowest BCUT2D eigenvalue weighted by molar-refractivity contribution is 0.293. The lowest BCUT2D eigenvalue weighted by Gasteiger charge is -2.02. The van der Waals surface area contributed by atoms with Crippen LogP contribution in [-0.2, 0) is 0 Å². The molecule has 1 aromatic carbocycles. The van der Waals surface area contributed by atoms with Gasteiger partial charge in [-0.25, -0.2) is 0 Å². The van der Waals surface area contributed by atoms with E-state index in [0.717, 1.165) is 12.2 Å². The van der Waals surface area contributed by atoms with Crippen molar-refractivity contribution in [3.05, 3.63) is 43.0 Å². The molecule has 1 saturated carbocycles. The highest BCUT2D eigenvalue weighted by molar-refractivity contribution is 5.22. The van der Waals surface area contributed by atoms with Crippen LogP contribution in [0.5, 0.6) is 5.75 Å². The Hall–Kier alpha value is -1.24. The molecule has 0 amide bonds. The Kier molecular flexibility index (Phi) is 1.86. The number of ether oxygens (including phenoxy) is 1. The molecule has 1 aromatic rings. The quantitative estimate of drug-likeness (QED) is 0.617. The van der Waals surface area contributed by atoms with Gasteiger partial charge in [-0.2, -0.15) is 0 Å². The normalized spacial score (nSPS) is 26.3. The molecule has 0 N–H and O–H groups in total. The Morgan fingerprint density at radius 1 is 1.33 bits per heavy atom. The molecule has 0 bridgehead atoms. The lowest BCUT2D eigenvalue weighted by atomic mass is 10.3. The van der Waals surface area contributed by atoms with Crippen molar-refractivity contribution in [1.29, 1.82) is 0 Å². The van der Waals surface area contributed by atoms with Crippen molar-refractivity contribution >= 4 is 0 Å². The van der Waals surface area contributed by atoms with Crippen molar-refractivity contribution in [2.24, 2.45) is 5.92 Å². The first kappa shape index (κ1) is 7.41. The standard InChI is InChI=1S/C11H12O/c1-2-9-8-11(9)12-10-6-4-3-5-7-10/h2-7,9,11H,1,8H2/t9-,11+/m1/s1. The maximum Gasteiger partial charge on any atom is 0.119 e. The first-order valence-electron chi connectivity index (χ1n) is 4.24. The molecule has 0 unspecified atom stereocenters. The van der Waals surface area contributed by atoms with Crippen LogP contribution in [0, 0.1) is 5.92 Å². The molecule has 1 aliphatic rings. The largest absolute Gasteiger partial charge is 0.490 e. The highest BCUT2D eigenvalue weighted by Crippen LogP contribution is 2.35. The van der Waals surface area contributed by atoms with E-state index in [-0.39, 0.29) is 0 Å². The molecule has 1 heteroatoms. The molecule has 12 heavy (non-hydrogen) atoms. The molecule has 2 rings (SSSR count). The van der Waals surface area contributed by atoms with Gasteiger partial charge in [-0.3, -0.25) is 0 Å². The molecule has 62 valence electrons. The second-order valence-electron chi connectivity index (χ2n) is 3.10. The lowest BCUT2D eigenvalue weighted by Crippen LogP contribution is -1.98. The van der Waals surface area contributed by atoms with Crippen molar-refractivity contribution in [3.8, 4) is 5.75 Å². The minimum Gasteiger partial charge on any atom is -0.490 e. The molecule has 0 radical (unpaired) electrons. The fourth-order valence-corrected chi connectivity index (χ4v) is 1.25. The fraction of sp³-hybridized carbons (Fsp3) is 0.273. The van der Waals surface area contributed by atoms with Crippen LogP contribution in [-0.4, -0.2) is 6.10 Å². The summed E-state index contributed by atoms with van der Waals surface area (Å²) in [4.78, 5) is 0. The summed E-state index contributed by atoms with van der Waals surface area (Å²) in [5.74, 6) is 1.54. The number of rotatable bonds is 3. The third-order valence-electron chi connectivity index (χ3n) is 2.11. The van der Waals surface area contributed by atoms with Gasteiger partial charge >= 0.3 is 0 Å². The van der Waals surface area contributed by atoms with Gasteiger partial charge in [0, 0.05) is 5.92 Å². The zero-order chi connectivity index (χ0) is 8.39. The maximum atomic E-state index is 5.66. The predicted molar refractivity (Wildman–Crippen MR) is 49.2 cm³/mol. The third kappa shape index (κ3) is 1.50. The van der Waals surface area contributed by atoms with E-state index in [9.17, 15) is 0 Å². The molecule has 1 fully saturated rings. The minimum atomic E-state index is 0.380. The van der Waals surface area contributed by atoms with E-state index in [1.54, 1.807) is 0 Å². The molecular weight excluding hydrogens is 148 g/mol. The zero-order valence-electron chi connectivity index (χ0n) is 6.94. The molecule has 0 heterocycles. The van der Waals surface area contributed by atoms with Gasteiger partial charge in [0.15, 0.2) is 0 Å². The monoisotopic (exact) mass is 160 g/mol. The summed E-state index contributed by atoms with van der Waals surface area (Å²) in [7, 11) is 0. The van der Waals surface area contributed by atoms with Crippen LogP contribution >= 0.6 is 0 Å². The summed E-state index contributed by atoms with van der Waals surface area (Å²) in [6.45, 7) is 3.73. The van der Waals surface area contributed by atoms with Crippen LogP contribution in [0.4, 0.5) is 0 Å². The molecule has 1 aliphatic carbocycles. The Labute approximate surface area is 72.7 Å². The number of hydrogen-bond donors (Lipinski definition) is 0. The van der Waals surface area contributed by atoms with E-state index in [1.807, 2.05) is 36.4 Å². The van der Waals surface area contributed by atoms with Crippen molar-refractivity contribution in [1.82, 2.24) is 0 Å². The van der Waals surface area contributed by atoms with Gasteiger partial charge in [-0.15, -0.1) is 6.58 Å². The van der Waals surface area contributed by atoms with Crippen molar-refractivity contribution in [2.45, 2.75) is 12.5 Å². The van der Waals surface area contributed by atoms with Gasteiger partial charge in [-0.05, 0) is 18.6 Å². The number of hydrogen-bond acceptors (Lipinski definition) is 1. The minimum absolute atomic E-state index is 0.380. The van der Waals surface area contributed by atoms with Crippen LogP contribution in [0.3, 0.4) is 0 Å². The summed E-state index contributed by atoms with van der Waals surface area (Å²) in [6, 6.07) is 9.93. The highest BCUT2D eigenvalue weighted by atomic mass is 16.5. The predicted octanol–water partition coefficient (Wildman–Crippen LogP) is 2.64. The fourth-order valence-electron chi connectivity index (χ4n) is 1.25. The van der Waals surface area contributed by atoms with Gasteiger partial charge in [0.1, 0.15) is 11.9 Å². The third-order valence-corrected chi connectivity index (χ3v) is 2.11. The first-order chi connectivity index (χ1) is 5.90. The molecular formula is C11H12O. The van der Waals surface area contributed by atoms with E-state index in [4.69, 9.17) is 4.74 Å². The summed E-state index contributed by atoms with van der Waals surface area (Å²) >= 11 is 0. The average Bonchev–Trinajstić information content (AvgIpc) is 2.85. The van der Waals surface area contributed by atoms with E-state index in [0.29, 0.717) is 12.0 Å². The summed E-state index contributed by atoms with van der Waals surface area (Å²) in [5.41, 5.74) is 0. The second-order valence-corrected chi connectivity index (χ2v) is 3.10. The van der Waals surface area contributed by atoms with Crippen molar-refractivity contribution in [3.63, 3.8) is 0 Å². The zero-order valence-corrected chi connectivity index (χ0v) is 6.94. The SMILES string of the molecule is C=C[C@@H]1C[C@@H]1Oc1ccccc1. The van der Waals surface area contributed by atoms with Crippen LogP contribution in [0.1, 0.15) is 6.42 Å². The summed E-state index contributed by atoms with van der Waals surface area (Å²) < 4.78 is 5.66. The average molecular weight is 160 g/mol. The summed E-state index contributed by atoms with van der Waals surface area (Å²) in [5, 5.41) is 0. The Balaban J connectivity index is 1.93. The number of benzene rings is 1. The van der Waals surface area contributed by atoms with Crippen LogP contribution in [0.25, 0.3) is 0 Å². The molecule has 2 atom stereocenters. The van der Waals surface area contributed by atoms with Gasteiger partial charge in [0.05, 0.1) is 0 Å². The van der Waals surface area contributed by atoms with Gasteiger partial charge in [0.25, 0.3) is 0 Å². The van der Waals surface area contributed by atoms with Gasteiger partial charge in [-0.1, -0.05) is 24.3 Å². The molecule has 0 saturated heterocycles. The molecule has 0 spiro atoms. The molecule has 0 aliphatic heterocycles. The first-order valence-corrected chi connectivity index (χ1v) is 4.24. The van der Waals surface area contributed by atoms with E-state index >= 15 is 0 Å². The van der Waals surface area contributed by atoms with Crippen molar-refractivity contribution < 1.29 is 4.74 Å².